The summed E-state index contributed by atoms with van der Waals surface area (Å²) >= 11 is 0. The highest BCUT2D eigenvalue weighted by Crippen LogP contribution is 2.10. The molecule has 33 nitrogen and oxygen atoms in total. The first kappa shape index (κ1) is 70.4. The molecule has 452 valence electrons. The second-order valence-corrected chi connectivity index (χ2v) is 19.4. The molecule has 0 bridgehead atoms. The summed E-state index contributed by atoms with van der Waals surface area (Å²) in [6, 6.07) is -15.8. The largest absolute Gasteiger partial charge is 0.480 e. The summed E-state index contributed by atoms with van der Waals surface area (Å²) in [4.78, 5) is 179. The first-order valence-electron chi connectivity index (χ1n) is 25.7. The first-order chi connectivity index (χ1) is 37.4. The molecule has 0 aromatic carbocycles. The van der Waals surface area contributed by atoms with E-state index < -0.39 is 213 Å². The normalized spacial score (nSPS) is 17.4. The number of aliphatic hydroxyl groups is 4. The first-order valence-corrected chi connectivity index (χ1v) is 25.7. The number of rotatable bonds is 35. The van der Waals surface area contributed by atoms with Crippen LogP contribution in [-0.2, 0) is 67.1 Å². The maximum Gasteiger partial charge on any atom is 0.326 e. The second-order valence-electron chi connectivity index (χ2n) is 19.4. The summed E-state index contributed by atoms with van der Waals surface area (Å²) in [5, 5.41) is 79.5. The van der Waals surface area contributed by atoms with Crippen molar-refractivity contribution in [2.75, 3.05) is 39.5 Å². The minimum atomic E-state index is -1.83. The van der Waals surface area contributed by atoms with Crippen LogP contribution in [0.15, 0.2) is 0 Å². The van der Waals surface area contributed by atoms with E-state index in [0.717, 1.165) is 27.2 Å². The molecule has 13 amide bonds. The molecule has 20 N–H and O–H groups in total. The van der Waals surface area contributed by atoms with Crippen molar-refractivity contribution in [3.8, 4) is 0 Å². The predicted molar refractivity (Wildman–Crippen MR) is 277 cm³/mol. The molecule has 0 unspecified atom stereocenters. The number of aliphatic hydroxyl groups excluding tert-OH is 4. The monoisotopic (exact) mass is 1140 g/mol. The average molecular weight is 1150 g/mol. The van der Waals surface area contributed by atoms with Crippen molar-refractivity contribution < 1.29 is 92.7 Å². The highest BCUT2D eigenvalue weighted by atomic mass is 16.4. The summed E-state index contributed by atoms with van der Waals surface area (Å²) in [6.07, 6.45) is -0.966. The smallest absolute Gasteiger partial charge is 0.326 e. The second kappa shape index (κ2) is 35.1. The lowest BCUT2D eigenvalue weighted by atomic mass is 9.97. The maximum absolute atomic E-state index is 13.4. The average Bonchev–Trinajstić information content (AvgIpc) is 3.95. The van der Waals surface area contributed by atoms with Gasteiger partial charge in [-0.3, -0.25) is 62.3 Å². The van der Waals surface area contributed by atoms with Crippen LogP contribution in [0.5, 0.6) is 0 Å². The SMILES string of the molecule is CC[C@H](C)[C@H](NC(=O)CNC(=O)[C@H](C)NC(=O)[C@H](CO)NC(=O)[C@H](CCC(N)=O)NC(=O)[C@H](CO)NC(=O)[C@H](C)NC(=O)[C@H](CO)NC(=O)[C@H](C)NC(=O)[C@@H]1CCCN1)C(=O)N[C@H](C(=O)NCC(=O)N[C@H](C(=O)O)C(C)C)[C@@H](C)O. The number of nitrogens with two attached hydrogens (primary N) is 1. The van der Waals surface area contributed by atoms with Crippen LogP contribution in [0.3, 0.4) is 0 Å². The Morgan fingerprint density at radius 1 is 0.512 bits per heavy atom. The van der Waals surface area contributed by atoms with Crippen LogP contribution in [0.4, 0.5) is 0 Å². The maximum atomic E-state index is 13.4. The quantitative estimate of drug-likeness (QED) is 0.0280. The van der Waals surface area contributed by atoms with E-state index in [2.05, 4.69) is 69.1 Å². The molecular formula is C47H80N14O19. The zero-order valence-electron chi connectivity index (χ0n) is 45.9. The molecular weight excluding hydrogens is 1060 g/mol. The Kier molecular flexibility index (Phi) is 30.9. The Bertz CT molecular complexity index is 2210. The standard InChI is InChI=1S/C47H80N14O19/c1-9-21(4)35(46(78)61-36(25(8)65)45(77)51-16-32(67)59-34(20(2)3)47(79)80)60-33(68)15-50-37(69)22(5)52-43(75)29(18-63)58-41(73)27(12-13-31(48)66)55-44(76)30(19-64)57-39(71)24(7)54-42(74)28(17-62)56-38(70)23(6)53-40(72)26-11-10-14-49-26/h20-30,34-36,49,62-65H,9-19H2,1-8H3,(H2,48,66)(H,50,69)(H,51,77)(H,52,75)(H,53,72)(H,54,74)(H,55,76)(H,56,70)(H,57,71)(H,58,73)(H,59,67)(H,60,68)(H,61,78)(H,79,80)/t21-,22-,23-,24-,25+,26-,27-,28-,29-,30-,34-,35-,36-/m0/s1. The van der Waals surface area contributed by atoms with Gasteiger partial charge in [0.1, 0.15) is 60.4 Å². The number of nitrogens with one attached hydrogen (secondary N) is 13. The molecule has 0 saturated carbocycles. The lowest BCUT2D eigenvalue weighted by Gasteiger charge is -2.27. The number of aliphatic carboxylic acids is 1. The Morgan fingerprint density at radius 3 is 1.36 bits per heavy atom. The van der Waals surface area contributed by atoms with Gasteiger partial charge < -0.3 is 100 Å². The van der Waals surface area contributed by atoms with Gasteiger partial charge in [-0.2, -0.15) is 0 Å². The predicted octanol–water partition coefficient (Wildman–Crippen LogP) is -9.71. The van der Waals surface area contributed by atoms with Crippen LogP contribution in [0.2, 0.25) is 0 Å². The number of carbonyl (C=O) groups is 14. The Hall–Kier alpha value is -7.62. The van der Waals surface area contributed by atoms with E-state index in [1.165, 1.54) is 6.92 Å². The molecule has 1 aliphatic rings. The Labute approximate surface area is 460 Å². The third-order valence-corrected chi connectivity index (χ3v) is 12.4. The van der Waals surface area contributed by atoms with Gasteiger partial charge in [0.2, 0.25) is 76.8 Å². The van der Waals surface area contributed by atoms with Crippen LogP contribution in [0.25, 0.3) is 0 Å². The van der Waals surface area contributed by atoms with Crippen molar-refractivity contribution in [2.45, 2.75) is 160 Å². The van der Waals surface area contributed by atoms with E-state index >= 15 is 0 Å². The number of carbonyl (C=O) groups excluding carboxylic acids is 13. The Morgan fingerprint density at radius 2 is 0.938 bits per heavy atom. The highest BCUT2D eigenvalue weighted by Gasteiger charge is 2.35. The van der Waals surface area contributed by atoms with Gasteiger partial charge in [-0.25, -0.2) is 4.79 Å². The van der Waals surface area contributed by atoms with Crippen molar-refractivity contribution >= 4 is 82.8 Å². The number of hydrogen-bond acceptors (Lipinski definition) is 19. The van der Waals surface area contributed by atoms with E-state index in [9.17, 15) is 92.7 Å². The van der Waals surface area contributed by atoms with E-state index in [1.54, 1.807) is 27.7 Å². The zero-order chi connectivity index (χ0) is 61.1. The summed E-state index contributed by atoms with van der Waals surface area (Å²) in [6.45, 7) is 7.19. The topological polar surface area (TPSA) is 523 Å². The van der Waals surface area contributed by atoms with Gasteiger partial charge in [0.25, 0.3) is 0 Å². The van der Waals surface area contributed by atoms with Crippen molar-refractivity contribution in [1.82, 2.24) is 69.1 Å². The minimum absolute atomic E-state index is 0.298. The lowest BCUT2D eigenvalue weighted by Crippen LogP contribution is -2.61. The molecule has 0 radical (unpaired) electrons. The van der Waals surface area contributed by atoms with Crippen LogP contribution in [-0.4, -0.2) is 220 Å². The highest BCUT2D eigenvalue weighted by molar-refractivity contribution is 5.99. The molecule has 0 aromatic rings. The summed E-state index contributed by atoms with van der Waals surface area (Å²) in [5.41, 5.74) is 5.24. The van der Waals surface area contributed by atoms with Gasteiger partial charge in [-0.15, -0.1) is 0 Å². The molecule has 1 fully saturated rings. The fourth-order valence-corrected chi connectivity index (χ4v) is 7.23. The number of carboxylic acid groups (broad SMARTS) is 1. The molecule has 0 aromatic heterocycles. The van der Waals surface area contributed by atoms with Gasteiger partial charge >= 0.3 is 5.97 Å². The molecule has 1 heterocycles. The molecule has 0 aliphatic carbocycles. The van der Waals surface area contributed by atoms with Gasteiger partial charge in [-0.05, 0) is 65.3 Å². The van der Waals surface area contributed by atoms with Crippen molar-refractivity contribution in [2.24, 2.45) is 17.6 Å². The van der Waals surface area contributed by atoms with Crippen LogP contribution < -0.4 is 74.9 Å². The van der Waals surface area contributed by atoms with Gasteiger partial charge in [0, 0.05) is 6.42 Å². The number of hydrogen-bond donors (Lipinski definition) is 19. The fourth-order valence-electron chi connectivity index (χ4n) is 7.23. The zero-order valence-corrected chi connectivity index (χ0v) is 45.9. The van der Waals surface area contributed by atoms with Crippen LogP contribution >= 0.6 is 0 Å². The molecule has 0 spiro atoms. The number of primary amides is 1. The van der Waals surface area contributed by atoms with Gasteiger partial charge in [-0.1, -0.05) is 34.1 Å². The third-order valence-electron chi connectivity index (χ3n) is 12.4. The van der Waals surface area contributed by atoms with Crippen molar-refractivity contribution in [1.29, 1.82) is 0 Å². The molecule has 1 saturated heterocycles. The number of amides is 13. The Balaban J connectivity index is 2.92. The minimum Gasteiger partial charge on any atom is -0.480 e. The van der Waals surface area contributed by atoms with E-state index in [4.69, 9.17) is 5.73 Å². The molecule has 33 heteroatoms. The van der Waals surface area contributed by atoms with Crippen molar-refractivity contribution in [3.05, 3.63) is 0 Å². The molecule has 80 heavy (non-hydrogen) atoms. The van der Waals surface area contributed by atoms with E-state index in [0.29, 0.717) is 19.4 Å². The van der Waals surface area contributed by atoms with Gasteiger partial charge in [0.15, 0.2) is 0 Å². The molecule has 1 aliphatic heterocycles. The van der Waals surface area contributed by atoms with E-state index in [-0.39, 0.29) is 0 Å². The molecule has 1 rings (SSSR count). The van der Waals surface area contributed by atoms with Crippen LogP contribution in [0, 0.1) is 11.8 Å². The van der Waals surface area contributed by atoms with Crippen molar-refractivity contribution in [3.63, 3.8) is 0 Å². The third kappa shape index (κ3) is 24.2. The molecule has 13 atom stereocenters. The summed E-state index contributed by atoms with van der Waals surface area (Å²) < 4.78 is 0. The number of carboxylic acids is 1. The summed E-state index contributed by atoms with van der Waals surface area (Å²) in [7, 11) is 0. The van der Waals surface area contributed by atoms with Gasteiger partial charge in [0.05, 0.1) is 45.1 Å². The van der Waals surface area contributed by atoms with Crippen LogP contribution in [0.1, 0.15) is 87.5 Å². The fraction of sp³-hybridized carbons (Fsp3) is 0.702. The summed E-state index contributed by atoms with van der Waals surface area (Å²) in [5.74, 6) is -15.1. The van der Waals surface area contributed by atoms with E-state index in [1.807, 2.05) is 0 Å². The lowest BCUT2D eigenvalue weighted by molar-refractivity contribution is -0.143.